The molecule has 2 atom stereocenters. The summed E-state index contributed by atoms with van der Waals surface area (Å²) < 4.78 is 8.81. The molecule has 0 bridgehead atoms. The molecule has 1 spiro atoms. The maximum absolute atomic E-state index is 6.47. The van der Waals surface area contributed by atoms with Gasteiger partial charge in [-0.2, -0.15) is 0 Å². The molecule has 2 heterocycles. The van der Waals surface area contributed by atoms with E-state index in [1.807, 2.05) is 0 Å². The van der Waals surface area contributed by atoms with E-state index in [0.29, 0.717) is 6.10 Å². The van der Waals surface area contributed by atoms with Crippen molar-refractivity contribution in [3.05, 3.63) is 24.0 Å². The Bertz CT molecular complexity index is 432. The molecule has 2 aliphatic rings. The van der Waals surface area contributed by atoms with Crippen LogP contribution in [0.4, 0.5) is 0 Å². The molecule has 3 rings (SSSR count). The fourth-order valence-corrected chi connectivity index (χ4v) is 3.95. The molecule has 2 unspecified atom stereocenters. The normalized spacial score (nSPS) is 27.0. The molecule has 0 amide bonds. The van der Waals surface area contributed by atoms with Crippen LogP contribution in [0.5, 0.6) is 0 Å². The lowest BCUT2D eigenvalue weighted by Gasteiger charge is -2.33. The molecule has 1 aliphatic carbocycles. The van der Waals surface area contributed by atoms with Crippen molar-refractivity contribution in [2.75, 3.05) is 0 Å². The molecule has 20 heavy (non-hydrogen) atoms. The molecule has 1 saturated carbocycles. The molecule has 1 saturated heterocycles. The number of hydrogen-bond donors (Lipinski definition) is 1. The second-order valence-electron chi connectivity index (χ2n) is 6.86. The average molecular weight is 276 g/mol. The van der Waals surface area contributed by atoms with Gasteiger partial charge >= 0.3 is 0 Å². The molecule has 0 radical (unpaired) electrons. The summed E-state index contributed by atoms with van der Waals surface area (Å²) in [5, 5.41) is 0. The Labute approximate surface area is 122 Å². The highest BCUT2D eigenvalue weighted by molar-refractivity contribution is 5.09. The predicted molar refractivity (Wildman–Crippen MR) is 81.7 cm³/mol. The van der Waals surface area contributed by atoms with Crippen molar-refractivity contribution in [3.8, 4) is 0 Å². The lowest BCUT2D eigenvalue weighted by Crippen LogP contribution is -2.32. The van der Waals surface area contributed by atoms with Gasteiger partial charge in [0.05, 0.1) is 11.7 Å². The second kappa shape index (κ2) is 5.90. The van der Waals surface area contributed by atoms with Crippen LogP contribution in [-0.2, 0) is 17.7 Å². The van der Waals surface area contributed by atoms with Crippen molar-refractivity contribution in [1.29, 1.82) is 0 Å². The molecule has 2 fully saturated rings. The van der Waals surface area contributed by atoms with E-state index in [9.17, 15) is 0 Å². The predicted octanol–water partition coefficient (Wildman–Crippen LogP) is 3.26. The molecule has 112 valence electrons. The topological polar surface area (TPSA) is 40.2 Å². The molecule has 0 aromatic carbocycles. The minimum Gasteiger partial charge on any atom is -0.370 e. The summed E-state index contributed by atoms with van der Waals surface area (Å²) in [5.74, 6) is 0. The first-order valence-electron chi connectivity index (χ1n) is 8.24. The highest BCUT2D eigenvalue weighted by atomic mass is 16.5. The smallest absolute Gasteiger partial charge is 0.0762 e. The SMILES string of the molecule is CC(N)Cc1cccn1CC1CCC2(CCCCC2)O1. The van der Waals surface area contributed by atoms with Crippen LogP contribution in [0.25, 0.3) is 0 Å². The van der Waals surface area contributed by atoms with Gasteiger partial charge in [-0.25, -0.2) is 0 Å². The summed E-state index contributed by atoms with van der Waals surface area (Å²) in [4.78, 5) is 0. The van der Waals surface area contributed by atoms with Crippen LogP contribution < -0.4 is 5.73 Å². The standard InChI is InChI=1S/C17H28N2O/c1-14(18)12-15-6-5-11-19(15)13-16-7-10-17(20-16)8-3-2-4-9-17/h5-6,11,14,16H,2-4,7-10,12-13,18H2,1H3. The van der Waals surface area contributed by atoms with Crippen LogP contribution in [0.3, 0.4) is 0 Å². The Morgan fingerprint density at radius 3 is 2.90 bits per heavy atom. The number of nitrogens with zero attached hydrogens (tertiary/aromatic N) is 1. The van der Waals surface area contributed by atoms with Gasteiger partial charge < -0.3 is 15.0 Å². The lowest BCUT2D eigenvalue weighted by molar-refractivity contribution is -0.0681. The van der Waals surface area contributed by atoms with E-state index in [1.54, 1.807) is 0 Å². The van der Waals surface area contributed by atoms with Gasteiger partial charge in [0.2, 0.25) is 0 Å². The number of aromatic nitrogens is 1. The van der Waals surface area contributed by atoms with Gasteiger partial charge in [0.15, 0.2) is 0 Å². The number of ether oxygens (including phenoxy) is 1. The largest absolute Gasteiger partial charge is 0.370 e. The van der Waals surface area contributed by atoms with Gasteiger partial charge in [-0.15, -0.1) is 0 Å². The van der Waals surface area contributed by atoms with Crippen molar-refractivity contribution >= 4 is 0 Å². The fraction of sp³-hybridized carbons (Fsp3) is 0.765. The molecule has 1 aromatic rings. The highest BCUT2D eigenvalue weighted by Crippen LogP contribution is 2.42. The van der Waals surface area contributed by atoms with Crippen LogP contribution in [0.2, 0.25) is 0 Å². The summed E-state index contributed by atoms with van der Waals surface area (Å²) in [5.41, 5.74) is 7.50. The monoisotopic (exact) mass is 276 g/mol. The van der Waals surface area contributed by atoms with Crippen LogP contribution in [0.15, 0.2) is 18.3 Å². The summed E-state index contributed by atoms with van der Waals surface area (Å²) in [6.45, 7) is 3.07. The number of nitrogens with two attached hydrogens (primary N) is 1. The van der Waals surface area contributed by atoms with Gasteiger partial charge in [0.1, 0.15) is 0 Å². The first-order chi connectivity index (χ1) is 9.67. The van der Waals surface area contributed by atoms with Gasteiger partial charge in [0.25, 0.3) is 0 Å². The molecule has 3 nitrogen and oxygen atoms in total. The van der Waals surface area contributed by atoms with Gasteiger partial charge in [0, 0.05) is 30.9 Å². The lowest BCUT2D eigenvalue weighted by atomic mass is 9.83. The average Bonchev–Trinajstić information content (AvgIpc) is 2.99. The van der Waals surface area contributed by atoms with Crippen LogP contribution in [-0.4, -0.2) is 22.3 Å². The van der Waals surface area contributed by atoms with E-state index >= 15 is 0 Å². The Morgan fingerprint density at radius 1 is 1.35 bits per heavy atom. The van der Waals surface area contributed by atoms with E-state index in [4.69, 9.17) is 10.5 Å². The van der Waals surface area contributed by atoms with Gasteiger partial charge in [-0.1, -0.05) is 19.3 Å². The second-order valence-corrected chi connectivity index (χ2v) is 6.86. The van der Waals surface area contributed by atoms with E-state index in [0.717, 1.165) is 13.0 Å². The van der Waals surface area contributed by atoms with Crippen molar-refractivity contribution in [2.45, 2.75) is 82.6 Å². The first-order valence-corrected chi connectivity index (χ1v) is 8.24. The molecule has 1 aliphatic heterocycles. The minimum absolute atomic E-state index is 0.220. The quantitative estimate of drug-likeness (QED) is 0.917. The zero-order valence-corrected chi connectivity index (χ0v) is 12.7. The van der Waals surface area contributed by atoms with E-state index in [2.05, 4.69) is 29.8 Å². The fourth-order valence-electron chi connectivity index (χ4n) is 3.95. The zero-order valence-electron chi connectivity index (χ0n) is 12.7. The maximum Gasteiger partial charge on any atom is 0.0762 e. The van der Waals surface area contributed by atoms with E-state index < -0.39 is 0 Å². The Balaban J connectivity index is 1.60. The minimum atomic E-state index is 0.220. The Kier molecular flexibility index (Phi) is 4.18. The molecule has 3 heteroatoms. The van der Waals surface area contributed by atoms with Crippen LogP contribution >= 0.6 is 0 Å². The van der Waals surface area contributed by atoms with Crippen molar-refractivity contribution in [3.63, 3.8) is 0 Å². The van der Waals surface area contributed by atoms with E-state index in [-0.39, 0.29) is 11.6 Å². The zero-order chi connectivity index (χ0) is 14.0. The third-order valence-corrected chi connectivity index (χ3v) is 4.96. The molecular formula is C17H28N2O. The first kappa shape index (κ1) is 14.2. The van der Waals surface area contributed by atoms with Gasteiger partial charge in [-0.05, 0) is 44.7 Å². The molecule has 2 N–H and O–H groups in total. The third-order valence-electron chi connectivity index (χ3n) is 4.96. The highest BCUT2D eigenvalue weighted by Gasteiger charge is 2.40. The number of rotatable bonds is 4. The van der Waals surface area contributed by atoms with Crippen molar-refractivity contribution in [1.82, 2.24) is 4.57 Å². The summed E-state index contributed by atoms with van der Waals surface area (Å²) in [6.07, 6.45) is 12.7. The molecule has 1 aromatic heterocycles. The third kappa shape index (κ3) is 3.09. The van der Waals surface area contributed by atoms with Crippen LogP contribution in [0, 0.1) is 0 Å². The Morgan fingerprint density at radius 2 is 2.15 bits per heavy atom. The van der Waals surface area contributed by atoms with Crippen molar-refractivity contribution < 1.29 is 4.74 Å². The summed E-state index contributed by atoms with van der Waals surface area (Å²) in [6, 6.07) is 4.54. The van der Waals surface area contributed by atoms with Crippen LogP contribution in [0.1, 0.15) is 57.6 Å². The van der Waals surface area contributed by atoms with Crippen molar-refractivity contribution in [2.24, 2.45) is 5.73 Å². The molecular weight excluding hydrogens is 248 g/mol. The Hall–Kier alpha value is -0.800. The maximum atomic E-state index is 6.47. The number of hydrogen-bond acceptors (Lipinski definition) is 2. The van der Waals surface area contributed by atoms with Gasteiger partial charge in [-0.3, -0.25) is 0 Å². The summed E-state index contributed by atoms with van der Waals surface area (Å²) >= 11 is 0. The summed E-state index contributed by atoms with van der Waals surface area (Å²) in [7, 11) is 0. The van der Waals surface area contributed by atoms with E-state index in [1.165, 1.54) is 50.6 Å².